The summed E-state index contributed by atoms with van der Waals surface area (Å²) in [5.74, 6) is 1.22. The lowest BCUT2D eigenvalue weighted by Crippen LogP contribution is -2.46. The number of carbonyl (C=O) groups excluding carboxylic acids is 1. The number of nitrogen functional groups attached to an aromatic ring is 1. The van der Waals surface area contributed by atoms with Gasteiger partial charge in [0.1, 0.15) is 18.0 Å². The summed E-state index contributed by atoms with van der Waals surface area (Å²) < 4.78 is 0. The zero-order valence-electron chi connectivity index (χ0n) is 12.3. The van der Waals surface area contributed by atoms with Crippen molar-refractivity contribution in [3.8, 4) is 0 Å². The summed E-state index contributed by atoms with van der Waals surface area (Å²) in [4.78, 5) is 22.1. The number of amides is 1. The number of nitrogens with two attached hydrogens (primary N) is 2. The van der Waals surface area contributed by atoms with Gasteiger partial charge in [-0.15, -0.1) is 0 Å². The van der Waals surface area contributed by atoms with Crippen LogP contribution in [0, 0.1) is 5.92 Å². The Morgan fingerprint density at radius 3 is 2.70 bits per heavy atom. The molecule has 2 atom stereocenters. The van der Waals surface area contributed by atoms with E-state index < -0.39 is 0 Å². The standard InChI is InChI=1S/C14H23N5O/c1-8(2)11-12(15)17-7-18-14(11)19-6-10(13(16)20)5-4-9(19)3/h7-10H,4-6H2,1-3H3,(H2,16,20)(H2,15,17,18). The van der Waals surface area contributed by atoms with Gasteiger partial charge in [-0.25, -0.2) is 9.97 Å². The van der Waals surface area contributed by atoms with Crippen molar-refractivity contribution < 1.29 is 4.79 Å². The van der Waals surface area contributed by atoms with E-state index in [0.29, 0.717) is 18.4 Å². The normalized spacial score (nSPS) is 23.1. The number of nitrogens with zero attached hydrogens (tertiary/aromatic N) is 3. The monoisotopic (exact) mass is 277 g/mol. The highest BCUT2D eigenvalue weighted by atomic mass is 16.1. The summed E-state index contributed by atoms with van der Waals surface area (Å²) >= 11 is 0. The molecule has 2 rings (SSSR count). The lowest BCUT2D eigenvalue weighted by atomic mass is 9.92. The third-order valence-electron chi connectivity index (χ3n) is 4.03. The van der Waals surface area contributed by atoms with Crippen LogP contribution in [0.5, 0.6) is 0 Å². The molecule has 2 unspecified atom stereocenters. The quantitative estimate of drug-likeness (QED) is 0.867. The van der Waals surface area contributed by atoms with Gasteiger partial charge in [0, 0.05) is 18.2 Å². The lowest BCUT2D eigenvalue weighted by Gasteiger charge is -2.39. The van der Waals surface area contributed by atoms with Gasteiger partial charge in [0.15, 0.2) is 0 Å². The molecule has 4 N–H and O–H groups in total. The van der Waals surface area contributed by atoms with Gasteiger partial charge < -0.3 is 16.4 Å². The first-order valence-electron chi connectivity index (χ1n) is 7.08. The first-order valence-corrected chi connectivity index (χ1v) is 7.08. The van der Waals surface area contributed by atoms with Crippen molar-refractivity contribution in [1.82, 2.24) is 9.97 Å². The Balaban J connectivity index is 2.38. The molecular formula is C14H23N5O. The molecule has 1 aromatic rings. The third-order valence-corrected chi connectivity index (χ3v) is 4.03. The minimum Gasteiger partial charge on any atom is -0.383 e. The molecule has 110 valence electrons. The molecule has 1 saturated heterocycles. The lowest BCUT2D eigenvalue weighted by molar-refractivity contribution is -0.122. The van der Waals surface area contributed by atoms with Gasteiger partial charge in [-0.2, -0.15) is 0 Å². The molecular weight excluding hydrogens is 254 g/mol. The van der Waals surface area contributed by atoms with E-state index in [2.05, 4.69) is 35.6 Å². The molecule has 1 fully saturated rings. The number of piperidine rings is 1. The van der Waals surface area contributed by atoms with E-state index in [-0.39, 0.29) is 17.7 Å². The average Bonchev–Trinajstić information content (AvgIpc) is 2.38. The predicted octanol–water partition coefficient (Wildman–Crippen LogP) is 1.27. The van der Waals surface area contributed by atoms with Gasteiger partial charge in [-0.1, -0.05) is 13.8 Å². The molecule has 0 radical (unpaired) electrons. The number of hydrogen-bond acceptors (Lipinski definition) is 5. The van der Waals surface area contributed by atoms with Crippen molar-refractivity contribution in [3.63, 3.8) is 0 Å². The van der Waals surface area contributed by atoms with Gasteiger partial charge in [0.2, 0.25) is 5.91 Å². The predicted molar refractivity (Wildman–Crippen MR) is 79.3 cm³/mol. The molecule has 2 heterocycles. The summed E-state index contributed by atoms with van der Waals surface area (Å²) in [6.07, 6.45) is 3.25. The molecule has 1 aliphatic rings. The van der Waals surface area contributed by atoms with Crippen LogP contribution in [0.2, 0.25) is 0 Å². The highest BCUT2D eigenvalue weighted by molar-refractivity contribution is 5.77. The van der Waals surface area contributed by atoms with Gasteiger partial charge >= 0.3 is 0 Å². The number of anilines is 2. The molecule has 0 spiro atoms. The van der Waals surface area contributed by atoms with Crippen molar-refractivity contribution in [1.29, 1.82) is 0 Å². The fraction of sp³-hybridized carbons (Fsp3) is 0.643. The zero-order chi connectivity index (χ0) is 14.9. The van der Waals surface area contributed by atoms with Crippen molar-refractivity contribution in [2.45, 2.75) is 45.6 Å². The second-order valence-corrected chi connectivity index (χ2v) is 5.83. The van der Waals surface area contributed by atoms with E-state index in [4.69, 9.17) is 11.5 Å². The topological polar surface area (TPSA) is 98.1 Å². The Bertz CT molecular complexity index is 502. The maximum absolute atomic E-state index is 11.5. The minimum atomic E-state index is -0.241. The first kappa shape index (κ1) is 14.6. The van der Waals surface area contributed by atoms with Crippen molar-refractivity contribution >= 4 is 17.5 Å². The molecule has 0 saturated carbocycles. The largest absolute Gasteiger partial charge is 0.383 e. The highest BCUT2D eigenvalue weighted by Gasteiger charge is 2.31. The van der Waals surface area contributed by atoms with Crippen LogP contribution in [0.3, 0.4) is 0 Å². The fourth-order valence-electron chi connectivity index (χ4n) is 2.82. The molecule has 1 aromatic heterocycles. The average molecular weight is 277 g/mol. The van der Waals surface area contributed by atoms with Crippen molar-refractivity contribution in [3.05, 3.63) is 11.9 Å². The van der Waals surface area contributed by atoms with Gasteiger partial charge in [0.05, 0.1) is 5.92 Å². The second-order valence-electron chi connectivity index (χ2n) is 5.83. The molecule has 0 aliphatic carbocycles. The summed E-state index contributed by atoms with van der Waals surface area (Å²) in [7, 11) is 0. The molecule has 6 nitrogen and oxygen atoms in total. The zero-order valence-corrected chi connectivity index (χ0v) is 12.3. The SMILES string of the molecule is CC(C)c1c(N)ncnc1N1CC(C(N)=O)CCC1C. The summed E-state index contributed by atoms with van der Waals surface area (Å²) in [6, 6.07) is 0.317. The van der Waals surface area contributed by atoms with Gasteiger partial charge in [-0.3, -0.25) is 4.79 Å². The Hall–Kier alpha value is -1.85. The van der Waals surface area contributed by atoms with E-state index in [0.717, 1.165) is 24.2 Å². The van der Waals surface area contributed by atoms with Crippen LogP contribution < -0.4 is 16.4 Å². The summed E-state index contributed by atoms with van der Waals surface area (Å²) in [5.41, 5.74) is 12.4. The van der Waals surface area contributed by atoms with E-state index >= 15 is 0 Å². The number of aromatic nitrogens is 2. The Morgan fingerprint density at radius 2 is 2.10 bits per heavy atom. The van der Waals surface area contributed by atoms with Crippen LogP contribution in [-0.4, -0.2) is 28.5 Å². The molecule has 0 aromatic carbocycles. The molecule has 1 aliphatic heterocycles. The van der Waals surface area contributed by atoms with Crippen LogP contribution in [0.1, 0.15) is 45.1 Å². The molecule has 1 amide bonds. The Morgan fingerprint density at radius 1 is 1.40 bits per heavy atom. The maximum Gasteiger partial charge on any atom is 0.222 e. The number of carbonyl (C=O) groups is 1. The van der Waals surface area contributed by atoms with Gasteiger partial charge in [0.25, 0.3) is 0 Å². The first-order chi connectivity index (χ1) is 9.41. The van der Waals surface area contributed by atoms with Crippen molar-refractivity contribution in [2.24, 2.45) is 11.7 Å². The highest BCUT2D eigenvalue weighted by Crippen LogP contribution is 2.33. The number of hydrogen-bond donors (Lipinski definition) is 2. The minimum absolute atomic E-state index is 0.123. The molecule has 20 heavy (non-hydrogen) atoms. The van der Waals surface area contributed by atoms with Crippen LogP contribution in [0.25, 0.3) is 0 Å². The van der Waals surface area contributed by atoms with E-state index in [9.17, 15) is 4.79 Å². The van der Waals surface area contributed by atoms with Crippen LogP contribution in [-0.2, 0) is 4.79 Å². The summed E-state index contributed by atoms with van der Waals surface area (Å²) in [6.45, 7) is 6.88. The smallest absolute Gasteiger partial charge is 0.222 e. The van der Waals surface area contributed by atoms with Crippen LogP contribution >= 0.6 is 0 Å². The second kappa shape index (κ2) is 5.64. The maximum atomic E-state index is 11.5. The van der Waals surface area contributed by atoms with E-state index in [1.807, 2.05) is 0 Å². The molecule has 6 heteroatoms. The number of primary amides is 1. The van der Waals surface area contributed by atoms with Crippen LogP contribution in [0.4, 0.5) is 11.6 Å². The summed E-state index contributed by atoms with van der Waals surface area (Å²) in [5, 5.41) is 0. The van der Waals surface area contributed by atoms with Crippen LogP contribution in [0.15, 0.2) is 6.33 Å². The van der Waals surface area contributed by atoms with Gasteiger partial charge in [-0.05, 0) is 25.7 Å². The molecule has 0 bridgehead atoms. The Labute approximate surface area is 119 Å². The van der Waals surface area contributed by atoms with E-state index in [1.54, 1.807) is 0 Å². The number of rotatable bonds is 3. The fourth-order valence-corrected chi connectivity index (χ4v) is 2.82. The van der Waals surface area contributed by atoms with E-state index in [1.165, 1.54) is 6.33 Å². The third kappa shape index (κ3) is 2.69. The Kier molecular flexibility index (Phi) is 4.11. The van der Waals surface area contributed by atoms with Crippen molar-refractivity contribution in [2.75, 3.05) is 17.2 Å².